The molecule has 0 aliphatic carbocycles. The predicted molar refractivity (Wildman–Crippen MR) is 176 cm³/mol. The van der Waals surface area contributed by atoms with Gasteiger partial charge in [-0.2, -0.15) is 26.3 Å². The second kappa shape index (κ2) is 18.6. The number of hydrogen-bond acceptors (Lipinski definition) is 8. The summed E-state index contributed by atoms with van der Waals surface area (Å²) in [6.45, 7) is 6.08. The number of morpholine rings is 1. The molecule has 0 bridgehead atoms. The van der Waals surface area contributed by atoms with Crippen molar-refractivity contribution in [3.05, 3.63) is 53.9 Å². The third-order valence-corrected chi connectivity index (χ3v) is 6.82. The van der Waals surface area contributed by atoms with Gasteiger partial charge < -0.3 is 50.3 Å². The smallest absolute Gasteiger partial charge is 0.475 e. The fourth-order valence-corrected chi connectivity index (χ4v) is 4.39. The molecule has 53 heavy (non-hydrogen) atoms. The number of nitrogens with zero attached hydrogens (tertiary/aromatic N) is 5. The predicted octanol–water partition coefficient (Wildman–Crippen LogP) is 2.54. The number of aliphatic carboxylic acids is 2. The average Bonchev–Trinajstić information content (AvgIpc) is 3.72. The Balaban J connectivity index is 0.000000587. The van der Waals surface area contributed by atoms with Crippen LogP contribution < -0.4 is 21.7 Å². The molecule has 3 aromatic rings. The summed E-state index contributed by atoms with van der Waals surface area (Å²) in [7, 11) is 5.20. The van der Waals surface area contributed by atoms with Crippen molar-refractivity contribution >= 4 is 52.6 Å². The number of amidine groups is 1. The Kier molecular flexibility index (Phi) is 15.2. The van der Waals surface area contributed by atoms with Crippen molar-refractivity contribution < 1.29 is 65.3 Å². The Morgan fingerprint density at radius 2 is 1.15 bits per heavy atom. The highest BCUT2D eigenvalue weighted by Crippen LogP contribution is 2.21. The van der Waals surface area contributed by atoms with Gasteiger partial charge in [0.25, 0.3) is 17.7 Å². The lowest BCUT2D eigenvalue weighted by molar-refractivity contribution is -0.193. The minimum absolute atomic E-state index is 0.216. The molecule has 0 spiro atoms. The number of carboxylic acid groups (broad SMARTS) is 2. The van der Waals surface area contributed by atoms with E-state index >= 15 is 0 Å². The summed E-state index contributed by atoms with van der Waals surface area (Å²) in [4.78, 5) is 62.7. The van der Waals surface area contributed by atoms with E-state index in [4.69, 9.17) is 30.3 Å². The monoisotopic (exact) mass is 765 g/mol. The van der Waals surface area contributed by atoms with Crippen molar-refractivity contribution in [1.29, 1.82) is 0 Å². The molecule has 0 aromatic carbocycles. The van der Waals surface area contributed by atoms with Crippen molar-refractivity contribution in [2.75, 3.05) is 50.0 Å². The van der Waals surface area contributed by atoms with Gasteiger partial charge in [-0.1, -0.05) is 0 Å². The Labute approximate surface area is 297 Å². The molecule has 0 radical (unpaired) electrons. The van der Waals surface area contributed by atoms with Crippen LogP contribution >= 0.6 is 0 Å². The number of anilines is 2. The Morgan fingerprint density at radius 3 is 1.57 bits per heavy atom. The molecule has 3 aromatic heterocycles. The van der Waals surface area contributed by atoms with Gasteiger partial charge in [0, 0.05) is 65.9 Å². The van der Waals surface area contributed by atoms with Crippen molar-refractivity contribution in [3.63, 3.8) is 0 Å². The number of ether oxygens (including phenoxy) is 1. The fraction of sp³-hybridized carbons (Fsp3) is 0.400. The van der Waals surface area contributed by atoms with E-state index in [0.717, 1.165) is 19.6 Å². The van der Waals surface area contributed by atoms with Gasteiger partial charge in [0.15, 0.2) is 0 Å². The molecule has 0 saturated carbocycles. The van der Waals surface area contributed by atoms with Gasteiger partial charge in [0.05, 0.1) is 36.1 Å². The van der Waals surface area contributed by atoms with E-state index in [-0.39, 0.29) is 17.7 Å². The third-order valence-electron chi connectivity index (χ3n) is 6.82. The van der Waals surface area contributed by atoms with Crippen LogP contribution in [0.2, 0.25) is 0 Å². The Morgan fingerprint density at radius 1 is 0.755 bits per heavy atom. The third kappa shape index (κ3) is 14.0. The molecule has 292 valence electrons. The SMILES string of the molecule is CC(N)=Nc1cc(C(=O)Nc2cc(C(=O)Nc3cc(C(=O)NCCN4CCOCC4)n(C)c3)n(C)c2)n(C)c1.O=C(O)C(F)(F)F.O=C(O)C(F)(F)F. The van der Waals surface area contributed by atoms with Gasteiger partial charge >= 0.3 is 24.3 Å². The van der Waals surface area contributed by atoms with E-state index in [1.807, 2.05) is 0 Å². The van der Waals surface area contributed by atoms with E-state index in [1.165, 1.54) is 0 Å². The summed E-state index contributed by atoms with van der Waals surface area (Å²) in [5.74, 6) is -6.07. The molecule has 1 fully saturated rings. The van der Waals surface area contributed by atoms with Crippen LogP contribution in [0.1, 0.15) is 38.4 Å². The zero-order valence-electron chi connectivity index (χ0n) is 28.6. The zero-order valence-corrected chi connectivity index (χ0v) is 28.6. The zero-order chi connectivity index (χ0) is 40.3. The number of hydrogen-bond donors (Lipinski definition) is 6. The summed E-state index contributed by atoms with van der Waals surface area (Å²) >= 11 is 0. The molecule has 0 unspecified atom stereocenters. The second-order valence-corrected chi connectivity index (χ2v) is 11.1. The number of carbonyl (C=O) groups is 5. The maximum absolute atomic E-state index is 13.0. The van der Waals surface area contributed by atoms with Crippen LogP contribution in [0.3, 0.4) is 0 Å². The standard InChI is InChI=1S/C26H35N9O4.2C2HF3O2/c1-17(27)29-18-11-22(33(3)14-18)25(37)31-20-13-23(34(4)16-20)26(38)30-19-12-21(32(2)15-19)24(36)28-5-6-35-7-9-39-10-8-35;2*3-2(4,5)1(6)7/h11-16H,5-10H2,1-4H3,(H2,27,29)(H,28,36)(H,30,38)(H,31,37);2*(H,6,7). The number of nitrogens with two attached hydrogens (primary N) is 1. The number of amides is 3. The number of rotatable bonds is 9. The van der Waals surface area contributed by atoms with E-state index in [0.29, 0.717) is 59.7 Å². The van der Waals surface area contributed by atoms with E-state index < -0.39 is 24.3 Å². The first-order chi connectivity index (χ1) is 24.5. The fourth-order valence-electron chi connectivity index (χ4n) is 4.39. The molecule has 17 nitrogen and oxygen atoms in total. The summed E-state index contributed by atoms with van der Waals surface area (Å²) in [5, 5.41) is 22.8. The van der Waals surface area contributed by atoms with Crippen molar-refractivity contribution in [2.24, 2.45) is 31.9 Å². The molecule has 1 saturated heterocycles. The number of nitrogens with one attached hydrogen (secondary N) is 3. The normalized spacial score (nSPS) is 13.5. The van der Waals surface area contributed by atoms with Crippen molar-refractivity contribution in [1.82, 2.24) is 23.9 Å². The maximum Gasteiger partial charge on any atom is 0.490 e. The summed E-state index contributed by atoms with van der Waals surface area (Å²) in [5.41, 5.74) is 8.31. The van der Waals surface area contributed by atoms with Crippen LogP contribution in [-0.2, 0) is 35.5 Å². The van der Waals surface area contributed by atoms with Gasteiger partial charge in [0.1, 0.15) is 17.1 Å². The van der Waals surface area contributed by atoms with Crippen LogP contribution in [0, 0.1) is 0 Å². The number of carboxylic acids is 2. The van der Waals surface area contributed by atoms with Gasteiger partial charge in [-0.3, -0.25) is 19.3 Å². The molecule has 23 heteroatoms. The van der Waals surface area contributed by atoms with Crippen LogP contribution in [0.15, 0.2) is 41.8 Å². The van der Waals surface area contributed by atoms with Crippen LogP contribution in [-0.4, -0.2) is 116 Å². The maximum atomic E-state index is 13.0. The van der Waals surface area contributed by atoms with E-state index in [2.05, 4.69) is 25.8 Å². The van der Waals surface area contributed by atoms with Gasteiger partial charge in [-0.15, -0.1) is 0 Å². The molecule has 4 rings (SSSR count). The Bertz CT molecular complexity index is 1780. The molecule has 0 atom stereocenters. The lowest BCUT2D eigenvalue weighted by Gasteiger charge is -2.26. The Hall–Kier alpha value is -5.84. The number of carbonyl (C=O) groups excluding carboxylic acids is 3. The highest BCUT2D eigenvalue weighted by atomic mass is 19.4. The van der Waals surface area contributed by atoms with Crippen molar-refractivity contribution in [2.45, 2.75) is 19.3 Å². The average molecular weight is 766 g/mol. The number of aliphatic imine (C=N–C) groups is 1. The van der Waals surface area contributed by atoms with Crippen molar-refractivity contribution in [3.8, 4) is 0 Å². The van der Waals surface area contributed by atoms with Gasteiger partial charge in [-0.25, -0.2) is 14.6 Å². The largest absolute Gasteiger partial charge is 0.490 e. The molecule has 3 amide bonds. The highest BCUT2D eigenvalue weighted by molar-refractivity contribution is 6.07. The van der Waals surface area contributed by atoms with Crippen LogP contribution in [0.4, 0.5) is 43.4 Å². The molecule has 1 aliphatic heterocycles. The first-order valence-corrected chi connectivity index (χ1v) is 15.1. The number of aromatic nitrogens is 3. The molecule has 7 N–H and O–H groups in total. The number of alkyl halides is 6. The van der Waals surface area contributed by atoms with Crippen LogP contribution in [0.25, 0.3) is 0 Å². The van der Waals surface area contributed by atoms with Gasteiger partial charge in [0.2, 0.25) is 0 Å². The first-order valence-electron chi connectivity index (χ1n) is 15.1. The molecule has 1 aliphatic rings. The summed E-state index contributed by atoms with van der Waals surface area (Å²) in [6, 6.07) is 4.85. The van der Waals surface area contributed by atoms with Gasteiger partial charge in [-0.05, 0) is 25.1 Å². The first kappa shape index (κ1) is 43.3. The van der Waals surface area contributed by atoms with Crippen LogP contribution in [0.5, 0.6) is 0 Å². The summed E-state index contributed by atoms with van der Waals surface area (Å²) < 4.78 is 73.8. The summed E-state index contributed by atoms with van der Waals surface area (Å²) in [6.07, 6.45) is -5.14. The quantitative estimate of drug-likeness (QED) is 0.106. The minimum Gasteiger partial charge on any atom is -0.475 e. The second-order valence-electron chi connectivity index (χ2n) is 11.1. The molecule has 4 heterocycles. The number of halogens is 6. The lowest BCUT2D eigenvalue weighted by atomic mass is 10.3. The van der Waals surface area contributed by atoms with E-state index in [1.54, 1.807) is 78.6 Å². The molecular formula is C30H37F6N9O8. The topological polar surface area (TPSA) is 228 Å². The molecular weight excluding hydrogens is 728 g/mol. The van der Waals surface area contributed by atoms with E-state index in [9.17, 15) is 40.7 Å². The number of aryl methyl sites for hydroxylation is 3. The highest BCUT2D eigenvalue weighted by Gasteiger charge is 2.39. The lowest BCUT2D eigenvalue weighted by Crippen LogP contribution is -2.41. The minimum atomic E-state index is -5.08.